The van der Waals surface area contributed by atoms with E-state index in [2.05, 4.69) is 0 Å². The van der Waals surface area contributed by atoms with E-state index in [1.807, 2.05) is 19.1 Å². The highest BCUT2D eigenvalue weighted by molar-refractivity contribution is 5.97. The van der Waals surface area contributed by atoms with Crippen LogP contribution in [0.3, 0.4) is 0 Å². The van der Waals surface area contributed by atoms with Gasteiger partial charge in [0.1, 0.15) is 6.04 Å². The quantitative estimate of drug-likeness (QED) is 0.837. The largest absolute Gasteiger partial charge is 0.467 e. The second-order valence-electron chi connectivity index (χ2n) is 4.94. The van der Waals surface area contributed by atoms with Crippen molar-refractivity contribution >= 4 is 11.9 Å². The van der Waals surface area contributed by atoms with Crippen molar-refractivity contribution in [1.29, 1.82) is 0 Å². The number of ether oxygens (including phenoxy) is 1. The third-order valence-electron chi connectivity index (χ3n) is 3.62. The molecule has 2 rings (SSSR count). The molecule has 1 aromatic carbocycles. The van der Waals surface area contributed by atoms with Crippen molar-refractivity contribution in [1.82, 2.24) is 4.90 Å². The van der Waals surface area contributed by atoms with Crippen molar-refractivity contribution in [2.45, 2.75) is 31.9 Å². The third-order valence-corrected chi connectivity index (χ3v) is 3.62. The molecule has 1 heterocycles. The molecule has 0 radical (unpaired) electrons. The van der Waals surface area contributed by atoms with Crippen LogP contribution < -0.4 is 0 Å². The first-order chi connectivity index (χ1) is 9.56. The topological polar surface area (TPSA) is 66.8 Å². The summed E-state index contributed by atoms with van der Waals surface area (Å²) in [5, 5.41) is 9.69. The molecule has 1 fully saturated rings. The number of carbonyl (C=O) groups excluding carboxylic acids is 2. The van der Waals surface area contributed by atoms with Gasteiger partial charge >= 0.3 is 5.97 Å². The second kappa shape index (κ2) is 6.05. The molecule has 0 aromatic heterocycles. The van der Waals surface area contributed by atoms with Gasteiger partial charge in [0.25, 0.3) is 5.91 Å². The summed E-state index contributed by atoms with van der Waals surface area (Å²) in [5.41, 5.74) is 1.66. The fourth-order valence-electron chi connectivity index (χ4n) is 2.45. The number of esters is 1. The highest BCUT2D eigenvalue weighted by atomic mass is 16.5. The number of likely N-dealkylation sites (tertiary alicyclic amines) is 1. The molecule has 2 unspecified atom stereocenters. The SMILES string of the molecule is CCc1ccc(C(=O)N2CC(O)CC2C(=O)OC)cc1. The molecule has 1 aliphatic rings. The maximum Gasteiger partial charge on any atom is 0.328 e. The average Bonchev–Trinajstić information content (AvgIpc) is 2.87. The van der Waals surface area contributed by atoms with Crippen LogP contribution in [0.5, 0.6) is 0 Å². The Hall–Kier alpha value is -1.88. The summed E-state index contributed by atoms with van der Waals surface area (Å²) < 4.78 is 4.69. The molecule has 0 aliphatic carbocycles. The number of hydrogen-bond donors (Lipinski definition) is 1. The van der Waals surface area contributed by atoms with Gasteiger partial charge in [0.2, 0.25) is 0 Å². The van der Waals surface area contributed by atoms with Crippen LogP contribution >= 0.6 is 0 Å². The van der Waals surface area contributed by atoms with Crippen LogP contribution in [0.2, 0.25) is 0 Å². The van der Waals surface area contributed by atoms with Crippen molar-refractivity contribution in [2.24, 2.45) is 0 Å². The zero-order valence-electron chi connectivity index (χ0n) is 11.7. The summed E-state index contributed by atoms with van der Waals surface area (Å²) >= 11 is 0. The lowest BCUT2D eigenvalue weighted by molar-refractivity contribution is -0.145. The summed E-state index contributed by atoms with van der Waals surface area (Å²) in [6, 6.07) is 6.59. The minimum Gasteiger partial charge on any atom is -0.467 e. The Morgan fingerprint density at radius 3 is 2.55 bits per heavy atom. The summed E-state index contributed by atoms with van der Waals surface area (Å²) in [7, 11) is 1.28. The molecule has 0 saturated carbocycles. The molecule has 1 amide bonds. The van der Waals surface area contributed by atoms with Gasteiger partial charge in [-0.2, -0.15) is 0 Å². The Labute approximate surface area is 118 Å². The maximum absolute atomic E-state index is 12.4. The average molecular weight is 277 g/mol. The number of rotatable bonds is 3. The van der Waals surface area contributed by atoms with Gasteiger partial charge in [0.05, 0.1) is 13.2 Å². The summed E-state index contributed by atoms with van der Waals surface area (Å²) in [6.07, 6.45) is 0.450. The summed E-state index contributed by atoms with van der Waals surface area (Å²) in [4.78, 5) is 25.5. The van der Waals surface area contributed by atoms with Gasteiger partial charge < -0.3 is 14.7 Å². The van der Waals surface area contributed by atoms with E-state index in [4.69, 9.17) is 4.74 Å². The van der Waals surface area contributed by atoms with E-state index in [1.165, 1.54) is 12.0 Å². The van der Waals surface area contributed by atoms with Gasteiger partial charge in [0, 0.05) is 18.5 Å². The molecule has 20 heavy (non-hydrogen) atoms. The number of aliphatic hydroxyl groups excluding tert-OH is 1. The molecule has 0 spiro atoms. The first-order valence-corrected chi connectivity index (χ1v) is 6.72. The fourth-order valence-corrected chi connectivity index (χ4v) is 2.45. The smallest absolute Gasteiger partial charge is 0.328 e. The fraction of sp³-hybridized carbons (Fsp3) is 0.467. The Balaban J connectivity index is 2.19. The lowest BCUT2D eigenvalue weighted by atomic mass is 10.1. The molecule has 1 aliphatic heterocycles. The summed E-state index contributed by atoms with van der Waals surface area (Å²) in [6.45, 7) is 2.20. The number of amides is 1. The van der Waals surface area contributed by atoms with E-state index in [0.29, 0.717) is 5.56 Å². The lowest BCUT2D eigenvalue weighted by Gasteiger charge is -2.22. The Kier molecular flexibility index (Phi) is 4.39. The van der Waals surface area contributed by atoms with Crippen molar-refractivity contribution in [3.05, 3.63) is 35.4 Å². The molecule has 1 saturated heterocycles. The number of benzene rings is 1. The molecule has 1 N–H and O–H groups in total. The third kappa shape index (κ3) is 2.82. The van der Waals surface area contributed by atoms with Gasteiger partial charge in [-0.05, 0) is 24.1 Å². The van der Waals surface area contributed by atoms with Gasteiger partial charge in [-0.25, -0.2) is 4.79 Å². The number of aryl methyl sites for hydroxylation is 1. The van der Waals surface area contributed by atoms with E-state index in [0.717, 1.165) is 12.0 Å². The molecule has 5 nitrogen and oxygen atoms in total. The van der Waals surface area contributed by atoms with E-state index in [-0.39, 0.29) is 18.9 Å². The molecular weight excluding hydrogens is 258 g/mol. The van der Waals surface area contributed by atoms with E-state index < -0.39 is 18.1 Å². The minimum absolute atomic E-state index is 0.161. The predicted octanol–water partition coefficient (Wildman–Crippen LogP) is 0.997. The highest BCUT2D eigenvalue weighted by Crippen LogP contribution is 2.22. The number of carbonyl (C=O) groups is 2. The Morgan fingerprint density at radius 2 is 2.00 bits per heavy atom. The van der Waals surface area contributed by atoms with Gasteiger partial charge in [0.15, 0.2) is 0 Å². The van der Waals surface area contributed by atoms with Crippen molar-refractivity contribution in [3.8, 4) is 0 Å². The first-order valence-electron chi connectivity index (χ1n) is 6.72. The molecular formula is C15H19NO4. The molecule has 0 bridgehead atoms. The van der Waals surface area contributed by atoms with Crippen LogP contribution in [0.15, 0.2) is 24.3 Å². The summed E-state index contributed by atoms with van der Waals surface area (Å²) in [5.74, 6) is -0.736. The van der Waals surface area contributed by atoms with Crippen molar-refractivity contribution in [3.63, 3.8) is 0 Å². The first kappa shape index (κ1) is 14.5. The number of β-amino-alcohol motifs (C(OH)–C–C–N with tert-alkyl or cyclic N) is 1. The van der Waals surface area contributed by atoms with Crippen LogP contribution in [-0.2, 0) is 16.0 Å². The van der Waals surface area contributed by atoms with Crippen LogP contribution in [0.25, 0.3) is 0 Å². The standard InChI is InChI=1S/C15H19NO4/c1-3-10-4-6-11(7-5-10)14(18)16-9-12(17)8-13(16)15(19)20-2/h4-7,12-13,17H,3,8-9H2,1-2H3. The minimum atomic E-state index is -0.701. The normalized spacial score (nSPS) is 21.9. The molecule has 1 aromatic rings. The van der Waals surface area contributed by atoms with Crippen molar-refractivity contribution in [2.75, 3.05) is 13.7 Å². The van der Waals surface area contributed by atoms with Crippen molar-refractivity contribution < 1.29 is 19.4 Å². The lowest BCUT2D eigenvalue weighted by Crippen LogP contribution is -2.41. The van der Waals surface area contributed by atoms with Gasteiger partial charge in [-0.1, -0.05) is 19.1 Å². The number of aliphatic hydroxyl groups is 1. The number of nitrogens with zero attached hydrogens (tertiary/aromatic N) is 1. The maximum atomic E-state index is 12.4. The van der Waals surface area contributed by atoms with E-state index in [1.54, 1.807) is 12.1 Å². The van der Waals surface area contributed by atoms with Gasteiger partial charge in [-0.15, -0.1) is 0 Å². The van der Waals surface area contributed by atoms with Crippen LogP contribution in [0.1, 0.15) is 29.3 Å². The van der Waals surface area contributed by atoms with E-state index in [9.17, 15) is 14.7 Å². The molecule has 5 heteroatoms. The Bertz CT molecular complexity index is 497. The monoisotopic (exact) mass is 277 g/mol. The number of hydrogen-bond acceptors (Lipinski definition) is 4. The van der Waals surface area contributed by atoms with E-state index >= 15 is 0 Å². The predicted molar refractivity (Wildman–Crippen MR) is 73.3 cm³/mol. The number of methoxy groups -OCH3 is 1. The second-order valence-corrected chi connectivity index (χ2v) is 4.94. The zero-order valence-corrected chi connectivity index (χ0v) is 11.7. The van der Waals surface area contributed by atoms with Gasteiger partial charge in [-0.3, -0.25) is 4.79 Å². The highest BCUT2D eigenvalue weighted by Gasteiger charge is 2.39. The molecule has 2 atom stereocenters. The van der Waals surface area contributed by atoms with Crippen LogP contribution in [-0.4, -0.2) is 47.7 Å². The van der Waals surface area contributed by atoms with Crippen LogP contribution in [0, 0.1) is 0 Å². The Morgan fingerprint density at radius 1 is 1.35 bits per heavy atom. The zero-order chi connectivity index (χ0) is 14.7. The molecule has 108 valence electrons. The van der Waals surface area contributed by atoms with Crippen LogP contribution in [0.4, 0.5) is 0 Å².